The summed E-state index contributed by atoms with van der Waals surface area (Å²) in [4.78, 5) is 11.5. The molecule has 4 heteroatoms. The number of piperidine rings is 1. The maximum Gasteiger partial charge on any atom is 0.138 e. The van der Waals surface area contributed by atoms with Crippen LogP contribution in [0, 0.1) is 5.92 Å². The minimum absolute atomic E-state index is 0.124. The molecular formula is C10H15N3O. The monoisotopic (exact) mass is 193 g/mol. The molecule has 1 aromatic rings. The van der Waals surface area contributed by atoms with E-state index in [1.807, 2.05) is 19.3 Å². The largest absolute Gasteiger partial charge is 0.316 e. The van der Waals surface area contributed by atoms with Crippen LogP contribution in [-0.4, -0.2) is 28.7 Å². The quantitative estimate of drug-likeness (QED) is 0.727. The van der Waals surface area contributed by atoms with Gasteiger partial charge in [-0.15, -0.1) is 0 Å². The Hall–Kier alpha value is -1.16. The minimum Gasteiger partial charge on any atom is -0.316 e. The summed E-state index contributed by atoms with van der Waals surface area (Å²) < 4.78 is 1.77. The molecule has 1 unspecified atom stereocenters. The molecule has 1 aliphatic rings. The first-order valence-electron chi connectivity index (χ1n) is 4.97. The number of hydrogen-bond donors (Lipinski definition) is 1. The number of nitrogens with zero attached hydrogens (tertiary/aromatic N) is 2. The van der Waals surface area contributed by atoms with E-state index in [0.29, 0.717) is 12.2 Å². The topological polar surface area (TPSA) is 46.9 Å². The maximum absolute atomic E-state index is 11.5. The Labute approximate surface area is 83.3 Å². The molecule has 0 aromatic carbocycles. The number of carbonyl (C=O) groups excluding carboxylic acids is 1. The van der Waals surface area contributed by atoms with E-state index in [0.717, 1.165) is 25.2 Å². The third-order valence-corrected chi connectivity index (χ3v) is 2.62. The van der Waals surface area contributed by atoms with Gasteiger partial charge in [0.25, 0.3) is 0 Å². The predicted molar refractivity (Wildman–Crippen MR) is 52.9 cm³/mol. The molecule has 0 aliphatic carbocycles. The van der Waals surface area contributed by atoms with E-state index in [2.05, 4.69) is 10.4 Å². The van der Waals surface area contributed by atoms with Gasteiger partial charge in [0.2, 0.25) is 0 Å². The molecule has 0 radical (unpaired) electrons. The smallest absolute Gasteiger partial charge is 0.138 e. The second kappa shape index (κ2) is 3.92. The molecule has 1 aliphatic heterocycles. The number of ketones is 1. The van der Waals surface area contributed by atoms with Crippen LogP contribution in [0.5, 0.6) is 0 Å². The third-order valence-electron chi connectivity index (χ3n) is 2.62. The molecule has 2 heterocycles. The second-order valence-electron chi connectivity index (χ2n) is 3.80. The van der Waals surface area contributed by atoms with Crippen LogP contribution in [0.25, 0.3) is 0 Å². The van der Waals surface area contributed by atoms with E-state index in [1.165, 1.54) is 0 Å². The van der Waals surface area contributed by atoms with Crippen molar-refractivity contribution in [2.75, 3.05) is 13.1 Å². The molecule has 1 atom stereocenters. The number of aryl methyl sites for hydroxylation is 1. The number of hydrogen-bond acceptors (Lipinski definition) is 3. The number of carbonyl (C=O) groups is 1. The van der Waals surface area contributed by atoms with Gasteiger partial charge in [0.1, 0.15) is 5.78 Å². The molecular weight excluding hydrogens is 178 g/mol. The van der Waals surface area contributed by atoms with Gasteiger partial charge in [0, 0.05) is 45.1 Å². The molecule has 1 aromatic heterocycles. The molecule has 0 saturated carbocycles. The van der Waals surface area contributed by atoms with Gasteiger partial charge in [-0.2, -0.15) is 5.10 Å². The highest BCUT2D eigenvalue weighted by Gasteiger charge is 2.22. The van der Waals surface area contributed by atoms with Crippen molar-refractivity contribution in [3.8, 4) is 0 Å². The van der Waals surface area contributed by atoms with E-state index < -0.39 is 0 Å². The summed E-state index contributed by atoms with van der Waals surface area (Å²) in [6.07, 6.45) is 3.35. The molecule has 4 nitrogen and oxygen atoms in total. The van der Waals surface area contributed by atoms with Crippen LogP contribution in [0.15, 0.2) is 12.3 Å². The highest BCUT2D eigenvalue weighted by atomic mass is 16.1. The van der Waals surface area contributed by atoms with Crippen molar-refractivity contribution in [1.29, 1.82) is 0 Å². The molecule has 0 spiro atoms. The van der Waals surface area contributed by atoms with Gasteiger partial charge in [-0.05, 0) is 6.07 Å². The summed E-state index contributed by atoms with van der Waals surface area (Å²) in [5.74, 6) is 0.494. The summed E-state index contributed by atoms with van der Waals surface area (Å²) >= 11 is 0. The molecule has 1 N–H and O–H groups in total. The zero-order chi connectivity index (χ0) is 9.97. The average molecular weight is 193 g/mol. The van der Waals surface area contributed by atoms with Gasteiger partial charge in [0.15, 0.2) is 0 Å². The predicted octanol–water partition coefficient (Wildman–Crippen LogP) is 0.141. The Kier molecular flexibility index (Phi) is 2.63. The van der Waals surface area contributed by atoms with Crippen LogP contribution in [0.4, 0.5) is 0 Å². The first-order valence-corrected chi connectivity index (χ1v) is 4.97. The van der Waals surface area contributed by atoms with Crippen molar-refractivity contribution < 1.29 is 4.79 Å². The van der Waals surface area contributed by atoms with Gasteiger partial charge in [0.05, 0.1) is 5.69 Å². The lowest BCUT2D eigenvalue weighted by Gasteiger charge is -2.20. The van der Waals surface area contributed by atoms with Crippen LogP contribution in [0.2, 0.25) is 0 Å². The van der Waals surface area contributed by atoms with Crippen molar-refractivity contribution in [2.45, 2.75) is 12.8 Å². The van der Waals surface area contributed by atoms with E-state index in [9.17, 15) is 4.79 Å². The fraction of sp³-hybridized carbons (Fsp3) is 0.600. The van der Waals surface area contributed by atoms with Crippen LogP contribution in [0.3, 0.4) is 0 Å². The summed E-state index contributed by atoms with van der Waals surface area (Å²) in [6.45, 7) is 1.63. The van der Waals surface area contributed by atoms with E-state index >= 15 is 0 Å². The zero-order valence-electron chi connectivity index (χ0n) is 8.36. The average Bonchev–Trinajstić information content (AvgIpc) is 2.56. The summed E-state index contributed by atoms with van der Waals surface area (Å²) in [5.41, 5.74) is 1.01. The highest BCUT2D eigenvalue weighted by Crippen LogP contribution is 2.11. The van der Waals surface area contributed by atoms with Gasteiger partial charge < -0.3 is 5.32 Å². The molecule has 1 saturated heterocycles. The van der Waals surface area contributed by atoms with Crippen molar-refractivity contribution in [3.05, 3.63) is 18.0 Å². The molecule has 0 amide bonds. The first-order chi connectivity index (χ1) is 6.75. The number of Topliss-reactive ketones (excluding diaryl/α,β-unsaturated/α-hetero) is 1. The second-order valence-corrected chi connectivity index (χ2v) is 3.80. The highest BCUT2D eigenvalue weighted by molar-refractivity contribution is 5.82. The van der Waals surface area contributed by atoms with Crippen molar-refractivity contribution in [1.82, 2.24) is 15.1 Å². The molecule has 2 rings (SSSR count). The lowest BCUT2D eigenvalue weighted by molar-refractivity contribution is -0.123. The Bertz CT molecular complexity index is 332. The summed E-state index contributed by atoms with van der Waals surface area (Å²) in [7, 11) is 1.89. The number of rotatable bonds is 2. The van der Waals surface area contributed by atoms with Gasteiger partial charge in [-0.1, -0.05) is 0 Å². The Balaban J connectivity index is 1.99. The van der Waals surface area contributed by atoms with Gasteiger partial charge in [-0.25, -0.2) is 0 Å². The fourth-order valence-corrected chi connectivity index (χ4v) is 1.82. The van der Waals surface area contributed by atoms with E-state index in [4.69, 9.17) is 0 Å². The van der Waals surface area contributed by atoms with Crippen LogP contribution >= 0.6 is 0 Å². The van der Waals surface area contributed by atoms with Crippen molar-refractivity contribution in [2.24, 2.45) is 13.0 Å². The standard InChI is InChI=1S/C10H15N3O/c1-13-5-3-9(12-13)6-8-7-11-4-2-10(8)14/h3,5,8,11H,2,4,6-7H2,1H3. The number of nitrogens with one attached hydrogen (secondary N) is 1. The zero-order valence-corrected chi connectivity index (χ0v) is 8.36. The van der Waals surface area contributed by atoms with Crippen molar-refractivity contribution in [3.63, 3.8) is 0 Å². The SMILES string of the molecule is Cn1ccc(CC2CNCCC2=O)n1. The third kappa shape index (κ3) is 2.01. The summed E-state index contributed by atoms with van der Waals surface area (Å²) in [6, 6.07) is 1.97. The Morgan fingerprint density at radius 2 is 2.57 bits per heavy atom. The Morgan fingerprint density at radius 3 is 3.21 bits per heavy atom. The molecule has 76 valence electrons. The van der Waals surface area contributed by atoms with E-state index in [-0.39, 0.29) is 5.92 Å². The lowest BCUT2D eigenvalue weighted by Crippen LogP contribution is -2.38. The van der Waals surface area contributed by atoms with Crippen molar-refractivity contribution >= 4 is 5.78 Å². The first kappa shape index (κ1) is 9.40. The van der Waals surface area contributed by atoms with Crippen LogP contribution in [-0.2, 0) is 18.3 Å². The normalized spacial score (nSPS) is 22.6. The molecule has 0 bridgehead atoms. The van der Waals surface area contributed by atoms with Crippen LogP contribution < -0.4 is 5.32 Å². The molecule has 1 fully saturated rings. The summed E-state index contributed by atoms with van der Waals surface area (Å²) in [5, 5.41) is 7.51. The van der Waals surface area contributed by atoms with E-state index in [1.54, 1.807) is 4.68 Å². The molecule has 14 heavy (non-hydrogen) atoms. The van der Waals surface area contributed by atoms with Gasteiger partial charge in [-0.3, -0.25) is 9.48 Å². The van der Waals surface area contributed by atoms with Crippen LogP contribution in [0.1, 0.15) is 12.1 Å². The minimum atomic E-state index is 0.124. The fourth-order valence-electron chi connectivity index (χ4n) is 1.82. The Morgan fingerprint density at radius 1 is 1.71 bits per heavy atom. The number of aromatic nitrogens is 2. The van der Waals surface area contributed by atoms with Gasteiger partial charge >= 0.3 is 0 Å². The lowest BCUT2D eigenvalue weighted by atomic mass is 9.93. The maximum atomic E-state index is 11.5.